The number of amides is 1. The van der Waals surface area contributed by atoms with Gasteiger partial charge in [0, 0.05) is 17.6 Å². The topological polar surface area (TPSA) is 72.5 Å². The summed E-state index contributed by atoms with van der Waals surface area (Å²) in [4.78, 5) is 16.7. The predicted octanol–water partition coefficient (Wildman–Crippen LogP) is 4.87. The highest BCUT2D eigenvalue weighted by atomic mass is 16.5. The van der Waals surface area contributed by atoms with Gasteiger partial charge in [0.25, 0.3) is 5.91 Å². The fourth-order valence-corrected chi connectivity index (χ4v) is 2.62. The largest absolute Gasteiger partial charge is 0.495 e. The van der Waals surface area contributed by atoms with E-state index in [2.05, 4.69) is 15.6 Å². The molecule has 2 N–H and O–H groups in total. The Hall–Kier alpha value is -3.54. The first kappa shape index (κ1) is 19.2. The molecule has 0 saturated carbocycles. The van der Waals surface area contributed by atoms with Crippen LogP contribution in [0.5, 0.6) is 11.5 Å². The number of anilines is 3. The van der Waals surface area contributed by atoms with Crippen molar-refractivity contribution < 1.29 is 14.3 Å². The molecule has 144 valence electrons. The molecule has 2 aromatic carbocycles. The third-order valence-electron chi connectivity index (χ3n) is 3.86. The fourth-order valence-electron chi connectivity index (χ4n) is 2.62. The number of nitrogens with zero attached hydrogens (tertiary/aromatic N) is 1. The summed E-state index contributed by atoms with van der Waals surface area (Å²) in [6.07, 6.45) is 1.72. The molecule has 0 aliphatic rings. The maximum atomic E-state index is 12.6. The Morgan fingerprint density at radius 3 is 2.46 bits per heavy atom. The summed E-state index contributed by atoms with van der Waals surface area (Å²) in [7, 11) is 1.56. The van der Waals surface area contributed by atoms with Crippen molar-refractivity contribution in [3.05, 3.63) is 72.6 Å². The van der Waals surface area contributed by atoms with E-state index in [9.17, 15) is 4.79 Å². The van der Waals surface area contributed by atoms with Crippen LogP contribution in [0.25, 0.3) is 0 Å². The second-order valence-corrected chi connectivity index (χ2v) is 6.40. The molecule has 0 aliphatic heterocycles. The third kappa shape index (κ3) is 5.01. The predicted molar refractivity (Wildman–Crippen MR) is 111 cm³/mol. The van der Waals surface area contributed by atoms with Crippen LogP contribution in [-0.4, -0.2) is 24.1 Å². The number of carbonyl (C=O) groups excluding carboxylic acids is 1. The van der Waals surface area contributed by atoms with E-state index in [1.165, 1.54) is 0 Å². The van der Waals surface area contributed by atoms with Gasteiger partial charge in [0.15, 0.2) is 0 Å². The zero-order chi connectivity index (χ0) is 19.9. The van der Waals surface area contributed by atoms with E-state index in [4.69, 9.17) is 9.47 Å². The van der Waals surface area contributed by atoms with Crippen LogP contribution in [0.3, 0.4) is 0 Å². The quantitative estimate of drug-likeness (QED) is 0.614. The molecule has 6 heteroatoms. The van der Waals surface area contributed by atoms with Crippen LogP contribution in [0.15, 0.2) is 66.9 Å². The molecule has 0 atom stereocenters. The molecule has 1 heterocycles. The molecule has 0 radical (unpaired) electrons. The summed E-state index contributed by atoms with van der Waals surface area (Å²) in [5.74, 6) is 1.09. The van der Waals surface area contributed by atoms with Crippen molar-refractivity contribution in [1.29, 1.82) is 0 Å². The van der Waals surface area contributed by atoms with Crippen LogP contribution < -0.4 is 20.1 Å². The van der Waals surface area contributed by atoms with Gasteiger partial charge < -0.3 is 20.1 Å². The molecule has 1 aromatic heterocycles. The summed E-state index contributed by atoms with van der Waals surface area (Å²) in [6.45, 7) is 3.97. The number of hydrogen-bond donors (Lipinski definition) is 2. The number of ether oxygens (including phenoxy) is 2. The summed E-state index contributed by atoms with van der Waals surface area (Å²) >= 11 is 0. The van der Waals surface area contributed by atoms with Gasteiger partial charge in [-0.1, -0.05) is 12.1 Å². The van der Waals surface area contributed by atoms with E-state index < -0.39 is 0 Å². The van der Waals surface area contributed by atoms with Gasteiger partial charge in [0.1, 0.15) is 17.2 Å². The normalized spacial score (nSPS) is 10.4. The molecule has 3 aromatic rings. The van der Waals surface area contributed by atoms with Crippen molar-refractivity contribution in [3.8, 4) is 11.5 Å². The Bertz CT molecular complexity index is 940. The van der Waals surface area contributed by atoms with Gasteiger partial charge in [0.2, 0.25) is 0 Å². The van der Waals surface area contributed by atoms with Crippen LogP contribution in [0, 0.1) is 0 Å². The average Bonchev–Trinajstić information content (AvgIpc) is 2.70. The van der Waals surface area contributed by atoms with E-state index >= 15 is 0 Å². The van der Waals surface area contributed by atoms with Crippen LogP contribution in [0.4, 0.5) is 17.1 Å². The number of benzene rings is 2. The maximum Gasteiger partial charge on any atom is 0.274 e. The first-order chi connectivity index (χ1) is 13.5. The van der Waals surface area contributed by atoms with Gasteiger partial charge in [-0.05, 0) is 62.4 Å². The van der Waals surface area contributed by atoms with Crippen molar-refractivity contribution >= 4 is 23.0 Å². The number of para-hydroxylation sites is 2. The molecule has 6 nitrogen and oxygen atoms in total. The molecule has 0 fully saturated rings. The molecule has 28 heavy (non-hydrogen) atoms. The minimum atomic E-state index is -0.311. The highest BCUT2D eigenvalue weighted by Crippen LogP contribution is 2.24. The van der Waals surface area contributed by atoms with E-state index in [-0.39, 0.29) is 12.0 Å². The van der Waals surface area contributed by atoms with E-state index in [1.54, 1.807) is 37.6 Å². The van der Waals surface area contributed by atoms with E-state index in [0.717, 1.165) is 17.1 Å². The summed E-state index contributed by atoms with van der Waals surface area (Å²) in [6, 6.07) is 18.4. The van der Waals surface area contributed by atoms with Crippen LogP contribution >= 0.6 is 0 Å². The number of rotatable bonds is 7. The minimum absolute atomic E-state index is 0.128. The Morgan fingerprint density at radius 2 is 1.75 bits per heavy atom. The lowest BCUT2D eigenvalue weighted by atomic mass is 10.2. The van der Waals surface area contributed by atoms with E-state index in [1.807, 2.05) is 50.2 Å². The standard InChI is InChI=1S/C22H23N3O3/c1-15(2)28-18-10-8-16(9-11-18)24-17-12-13-23-20(14-17)22(26)25-19-6-4-5-7-21(19)27-3/h4-15H,1-3H3,(H,23,24)(H,25,26). The second-order valence-electron chi connectivity index (χ2n) is 6.40. The Morgan fingerprint density at radius 1 is 1.00 bits per heavy atom. The first-order valence-electron chi connectivity index (χ1n) is 8.99. The molecule has 1 amide bonds. The molecule has 0 saturated heterocycles. The number of aromatic nitrogens is 1. The van der Waals surface area contributed by atoms with E-state index in [0.29, 0.717) is 17.1 Å². The molecular formula is C22H23N3O3. The fraction of sp³-hybridized carbons (Fsp3) is 0.182. The number of carbonyl (C=O) groups is 1. The number of hydrogen-bond acceptors (Lipinski definition) is 5. The van der Waals surface area contributed by atoms with Crippen molar-refractivity contribution in [2.75, 3.05) is 17.7 Å². The van der Waals surface area contributed by atoms with Crippen LogP contribution in [0.1, 0.15) is 24.3 Å². The number of pyridine rings is 1. The summed E-state index contributed by atoms with van der Waals surface area (Å²) in [5, 5.41) is 6.09. The van der Waals surface area contributed by atoms with Gasteiger partial charge in [-0.2, -0.15) is 0 Å². The van der Waals surface area contributed by atoms with Gasteiger partial charge >= 0.3 is 0 Å². The Labute approximate surface area is 164 Å². The lowest BCUT2D eigenvalue weighted by Crippen LogP contribution is -2.14. The Balaban J connectivity index is 1.70. The smallest absolute Gasteiger partial charge is 0.274 e. The van der Waals surface area contributed by atoms with Gasteiger partial charge in [-0.15, -0.1) is 0 Å². The van der Waals surface area contributed by atoms with Crippen molar-refractivity contribution in [1.82, 2.24) is 4.98 Å². The SMILES string of the molecule is COc1ccccc1NC(=O)c1cc(Nc2ccc(OC(C)C)cc2)ccn1. The van der Waals surface area contributed by atoms with Gasteiger partial charge in [-0.3, -0.25) is 9.78 Å². The van der Waals surface area contributed by atoms with Gasteiger partial charge in [-0.25, -0.2) is 0 Å². The number of methoxy groups -OCH3 is 1. The monoisotopic (exact) mass is 377 g/mol. The first-order valence-corrected chi connectivity index (χ1v) is 8.99. The minimum Gasteiger partial charge on any atom is -0.495 e. The molecular weight excluding hydrogens is 354 g/mol. The number of nitrogens with one attached hydrogen (secondary N) is 2. The molecule has 0 spiro atoms. The molecule has 0 bridgehead atoms. The molecule has 0 unspecified atom stereocenters. The van der Waals surface area contributed by atoms with Crippen molar-refractivity contribution in [2.24, 2.45) is 0 Å². The molecule has 3 rings (SSSR count). The summed E-state index contributed by atoms with van der Waals surface area (Å²) in [5.41, 5.74) is 2.54. The lowest BCUT2D eigenvalue weighted by Gasteiger charge is -2.12. The Kier molecular flexibility index (Phi) is 6.11. The molecule has 0 aliphatic carbocycles. The van der Waals surface area contributed by atoms with Crippen LogP contribution in [-0.2, 0) is 0 Å². The average molecular weight is 377 g/mol. The maximum absolute atomic E-state index is 12.6. The van der Waals surface area contributed by atoms with Gasteiger partial charge in [0.05, 0.1) is 18.9 Å². The zero-order valence-corrected chi connectivity index (χ0v) is 16.1. The highest BCUT2D eigenvalue weighted by Gasteiger charge is 2.11. The third-order valence-corrected chi connectivity index (χ3v) is 3.86. The van der Waals surface area contributed by atoms with Crippen LogP contribution in [0.2, 0.25) is 0 Å². The lowest BCUT2D eigenvalue weighted by molar-refractivity contribution is 0.102. The summed E-state index contributed by atoms with van der Waals surface area (Å²) < 4.78 is 10.9. The van der Waals surface area contributed by atoms with Crippen molar-refractivity contribution in [2.45, 2.75) is 20.0 Å². The van der Waals surface area contributed by atoms with Crippen molar-refractivity contribution in [3.63, 3.8) is 0 Å². The highest BCUT2D eigenvalue weighted by molar-refractivity contribution is 6.04. The second kappa shape index (κ2) is 8.90. The zero-order valence-electron chi connectivity index (χ0n) is 16.1.